The van der Waals surface area contributed by atoms with Crippen molar-refractivity contribution in [3.63, 3.8) is 0 Å². The van der Waals surface area contributed by atoms with Crippen LogP contribution in [0.5, 0.6) is 0 Å². The van der Waals surface area contributed by atoms with Gasteiger partial charge in [0.1, 0.15) is 6.10 Å². The van der Waals surface area contributed by atoms with Gasteiger partial charge in [0.25, 0.3) is 0 Å². The Morgan fingerprint density at radius 3 is 2.78 bits per heavy atom. The molecule has 0 N–H and O–H groups in total. The van der Waals surface area contributed by atoms with Crippen molar-refractivity contribution < 1.29 is 9.53 Å². The minimum absolute atomic E-state index is 0.124. The Kier molecular flexibility index (Phi) is 2.01. The van der Waals surface area contributed by atoms with Crippen molar-refractivity contribution in [2.45, 2.75) is 19.4 Å². The van der Waals surface area contributed by atoms with E-state index in [9.17, 15) is 4.79 Å². The number of carbonyl (C=O) groups is 1. The Balaban J connectivity index is 2.44. The van der Waals surface area contributed by atoms with Crippen LogP contribution in [0, 0.1) is 0 Å². The van der Waals surface area contributed by atoms with Crippen molar-refractivity contribution in [3.8, 4) is 0 Å². The molecule has 50 valence electrons. The standard InChI is InChI=1S/C7H10O2/c1-6(8)7-4-2-3-5-9-7/h2-3,7H,4-5H2,1H3. The van der Waals surface area contributed by atoms with Gasteiger partial charge in [-0.2, -0.15) is 0 Å². The molecule has 0 saturated carbocycles. The Morgan fingerprint density at radius 1 is 1.67 bits per heavy atom. The van der Waals surface area contributed by atoms with E-state index in [-0.39, 0.29) is 11.9 Å². The van der Waals surface area contributed by atoms with E-state index in [0.29, 0.717) is 6.61 Å². The number of ketones is 1. The molecule has 1 unspecified atom stereocenters. The molecule has 0 aliphatic carbocycles. The van der Waals surface area contributed by atoms with Crippen LogP contribution < -0.4 is 0 Å². The molecule has 0 saturated heterocycles. The maximum atomic E-state index is 10.6. The second-order valence-electron chi connectivity index (χ2n) is 2.14. The van der Waals surface area contributed by atoms with E-state index in [1.54, 1.807) is 6.92 Å². The minimum Gasteiger partial charge on any atom is -0.366 e. The van der Waals surface area contributed by atoms with Crippen LogP contribution >= 0.6 is 0 Å². The zero-order valence-electron chi connectivity index (χ0n) is 5.46. The minimum atomic E-state index is -0.171. The van der Waals surface area contributed by atoms with Gasteiger partial charge in [-0.25, -0.2) is 0 Å². The van der Waals surface area contributed by atoms with E-state index in [1.807, 2.05) is 12.2 Å². The molecule has 0 radical (unpaired) electrons. The lowest BCUT2D eigenvalue weighted by atomic mass is 10.1. The number of ether oxygens (including phenoxy) is 1. The number of hydrogen-bond donors (Lipinski definition) is 0. The van der Waals surface area contributed by atoms with Gasteiger partial charge < -0.3 is 4.74 Å². The molecule has 0 aromatic rings. The predicted molar refractivity (Wildman–Crippen MR) is 34.2 cm³/mol. The van der Waals surface area contributed by atoms with Crippen molar-refractivity contribution in [2.24, 2.45) is 0 Å². The molecular weight excluding hydrogens is 116 g/mol. The molecule has 1 rings (SSSR count). The summed E-state index contributed by atoms with van der Waals surface area (Å²) in [7, 11) is 0. The molecule has 9 heavy (non-hydrogen) atoms. The van der Waals surface area contributed by atoms with E-state index in [0.717, 1.165) is 6.42 Å². The Morgan fingerprint density at radius 2 is 2.44 bits per heavy atom. The molecule has 0 aromatic carbocycles. The number of carbonyl (C=O) groups excluding carboxylic acids is 1. The van der Waals surface area contributed by atoms with Crippen molar-refractivity contribution in [1.29, 1.82) is 0 Å². The fourth-order valence-electron chi connectivity index (χ4n) is 0.811. The molecule has 1 aliphatic heterocycles. The molecule has 2 nitrogen and oxygen atoms in total. The third kappa shape index (κ3) is 1.64. The summed E-state index contributed by atoms with van der Waals surface area (Å²) in [4.78, 5) is 10.6. The molecule has 0 spiro atoms. The molecule has 1 aliphatic rings. The number of rotatable bonds is 1. The van der Waals surface area contributed by atoms with Crippen LogP contribution in [-0.4, -0.2) is 18.5 Å². The summed E-state index contributed by atoms with van der Waals surface area (Å²) in [5.74, 6) is 0.124. The van der Waals surface area contributed by atoms with Gasteiger partial charge in [0.2, 0.25) is 0 Å². The van der Waals surface area contributed by atoms with Crippen LogP contribution in [-0.2, 0) is 9.53 Å². The highest BCUT2D eigenvalue weighted by atomic mass is 16.5. The smallest absolute Gasteiger partial charge is 0.158 e. The molecule has 0 aromatic heterocycles. The van der Waals surface area contributed by atoms with Crippen LogP contribution in [0.4, 0.5) is 0 Å². The van der Waals surface area contributed by atoms with Crippen molar-refractivity contribution in [2.75, 3.05) is 6.61 Å². The summed E-state index contributed by atoms with van der Waals surface area (Å²) >= 11 is 0. The van der Waals surface area contributed by atoms with Gasteiger partial charge in [-0.15, -0.1) is 0 Å². The van der Waals surface area contributed by atoms with Crippen LogP contribution in [0.1, 0.15) is 13.3 Å². The predicted octanol–water partition coefficient (Wildman–Crippen LogP) is 0.920. The maximum absolute atomic E-state index is 10.6. The Hall–Kier alpha value is -0.630. The van der Waals surface area contributed by atoms with Crippen LogP contribution in [0.15, 0.2) is 12.2 Å². The summed E-state index contributed by atoms with van der Waals surface area (Å²) in [6.07, 6.45) is 4.49. The largest absolute Gasteiger partial charge is 0.366 e. The molecule has 0 fully saturated rings. The van der Waals surface area contributed by atoms with E-state index >= 15 is 0 Å². The Labute approximate surface area is 54.5 Å². The normalized spacial score (nSPS) is 26.1. The van der Waals surface area contributed by atoms with E-state index in [2.05, 4.69) is 0 Å². The van der Waals surface area contributed by atoms with Gasteiger partial charge in [-0.1, -0.05) is 12.2 Å². The Bertz CT molecular complexity index is 138. The highest BCUT2D eigenvalue weighted by molar-refractivity contribution is 5.80. The first kappa shape index (κ1) is 6.49. The van der Waals surface area contributed by atoms with Gasteiger partial charge in [0, 0.05) is 0 Å². The molecule has 1 atom stereocenters. The topological polar surface area (TPSA) is 26.3 Å². The monoisotopic (exact) mass is 126 g/mol. The maximum Gasteiger partial charge on any atom is 0.158 e. The van der Waals surface area contributed by atoms with E-state index in [4.69, 9.17) is 4.74 Å². The van der Waals surface area contributed by atoms with Gasteiger partial charge in [-0.05, 0) is 13.3 Å². The molecule has 1 heterocycles. The van der Waals surface area contributed by atoms with Crippen molar-refractivity contribution >= 4 is 5.78 Å². The first-order valence-electron chi connectivity index (χ1n) is 3.08. The van der Waals surface area contributed by atoms with E-state index in [1.165, 1.54) is 0 Å². The lowest BCUT2D eigenvalue weighted by Gasteiger charge is -2.14. The van der Waals surface area contributed by atoms with E-state index < -0.39 is 0 Å². The fourth-order valence-corrected chi connectivity index (χ4v) is 0.811. The number of hydrogen-bond acceptors (Lipinski definition) is 2. The second-order valence-corrected chi connectivity index (χ2v) is 2.14. The van der Waals surface area contributed by atoms with Gasteiger partial charge in [0.05, 0.1) is 6.61 Å². The summed E-state index contributed by atoms with van der Waals surface area (Å²) in [6.45, 7) is 2.15. The van der Waals surface area contributed by atoms with Crippen LogP contribution in [0.2, 0.25) is 0 Å². The first-order valence-corrected chi connectivity index (χ1v) is 3.08. The fraction of sp³-hybridized carbons (Fsp3) is 0.571. The SMILES string of the molecule is CC(=O)C1CC=CCO1. The van der Waals surface area contributed by atoms with Gasteiger partial charge >= 0.3 is 0 Å². The summed E-state index contributed by atoms with van der Waals surface area (Å²) in [5, 5.41) is 0. The average Bonchev–Trinajstić information content (AvgIpc) is 1.90. The summed E-state index contributed by atoms with van der Waals surface area (Å²) in [5.41, 5.74) is 0. The first-order chi connectivity index (χ1) is 4.30. The zero-order valence-corrected chi connectivity index (χ0v) is 5.46. The molecule has 0 bridgehead atoms. The molecule has 0 amide bonds. The van der Waals surface area contributed by atoms with Gasteiger partial charge in [-0.3, -0.25) is 4.79 Å². The van der Waals surface area contributed by atoms with Gasteiger partial charge in [0.15, 0.2) is 5.78 Å². The summed E-state index contributed by atoms with van der Waals surface area (Å²) in [6, 6.07) is 0. The third-order valence-electron chi connectivity index (χ3n) is 1.36. The van der Waals surface area contributed by atoms with Crippen molar-refractivity contribution in [1.82, 2.24) is 0 Å². The number of Topliss-reactive ketones (excluding diaryl/α,β-unsaturated/α-hetero) is 1. The van der Waals surface area contributed by atoms with Crippen LogP contribution in [0.3, 0.4) is 0 Å². The second kappa shape index (κ2) is 2.78. The lowest BCUT2D eigenvalue weighted by Crippen LogP contribution is -2.23. The molecule has 2 heteroatoms. The highest BCUT2D eigenvalue weighted by Crippen LogP contribution is 2.05. The lowest BCUT2D eigenvalue weighted by molar-refractivity contribution is -0.127. The average molecular weight is 126 g/mol. The zero-order chi connectivity index (χ0) is 6.69. The quantitative estimate of drug-likeness (QED) is 0.488. The third-order valence-corrected chi connectivity index (χ3v) is 1.36. The van der Waals surface area contributed by atoms with Crippen LogP contribution in [0.25, 0.3) is 0 Å². The summed E-state index contributed by atoms with van der Waals surface area (Å²) < 4.78 is 5.10. The highest BCUT2D eigenvalue weighted by Gasteiger charge is 2.13. The molecular formula is C7H10O2. The van der Waals surface area contributed by atoms with Crippen molar-refractivity contribution in [3.05, 3.63) is 12.2 Å².